The predicted molar refractivity (Wildman–Crippen MR) is 97.9 cm³/mol. The van der Waals surface area contributed by atoms with Gasteiger partial charge in [0.2, 0.25) is 5.91 Å². The van der Waals surface area contributed by atoms with Gasteiger partial charge in [-0.05, 0) is 31.4 Å². The molecule has 1 aliphatic heterocycles. The minimum Gasteiger partial charge on any atom is -0.457 e. The average molecular weight is 368 g/mol. The van der Waals surface area contributed by atoms with E-state index in [1.807, 2.05) is 6.07 Å². The number of nitrogens with two attached hydrogens (primary N) is 1. The maximum Gasteiger partial charge on any atom is 0.229 e. The molecule has 1 heterocycles. The van der Waals surface area contributed by atoms with Crippen LogP contribution in [0.15, 0.2) is 48.5 Å². The van der Waals surface area contributed by atoms with Crippen LogP contribution in [-0.4, -0.2) is 31.0 Å². The van der Waals surface area contributed by atoms with E-state index in [1.165, 1.54) is 7.05 Å². The van der Waals surface area contributed by atoms with Crippen molar-refractivity contribution in [3.8, 4) is 11.5 Å². The normalized spacial score (nSPS) is 13.2. The molecule has 7 heteroatoms. The topological polar surface area (TPSA) is 64.3 Å². The van der Waals surface area contributed by atoms with Crippen LogP contribution in [0.2, 0.25) is 0 Å². The zero-order valence-corrected chi connectivity index (χ0v) is 14.8. The highest BCUT2D eigenvalue weighted by atomic mass is 32.2. The van der Waals surface area contributed by atoms with Crippen molar-refractivity contribution in [3.05, 3.63) is 60.2 Å². The predicted octanol–water partition coefficient (Wildman–Crippen LogP) is 3.57. The fourth-order valence-electron chi connectivity index (χ4n) is 1.83. The van der Waals surface area contributed by atoms with Gasteiger partial charge in [0, 0.05) is 24.7 Å². The second-order valence-corrected chi connectivity index (χ2v) is 5.88. The third kappa shape index (κ3) is 9.07. The van der Waals surface area contributed by atoms with Gasteiger partial charge in [0.25, 0.3) is 0 Å². The first-order chi connectivity index (χ1) is 12.1. The van der Waals surface area contributed by atoms with Gasteiger partial charge in [0.1, 0.15) is 23.1 Å². The van der Waals surface area contributed by atoms with E-state index in [0.29, 0.717) is 11.5 Å². The Balaban J connectivity index is 0.000000264. The fraction of sp³-hybridized carbons (Fsp3) is 0.278. The molecule has 0 unspecified atom stereocenters. The minimum atomic E-state index is -0.652. The first-order valence-electron chi connectivity index (χ1n) is 7.74. The Morgan fingerprint density at radius 2 is 1.68 bits per heavy atom. The molecule has 0 spiro atoms. The molecule has 2 aromatic carbocycles. The van der Waals surface area contributed by atoms with E-state index in [9.17, 15) is 13.6 Å². The second kappa shape index (κ2) is 12.3. The van der Waals surface area contributed by atoms with Crippen LogP contribution in [-0.2, 0) is 4.79 Å². The van der Waals surface area contributed by atoms with E-state index in [4.69, 9.17) is 4.74 Å². The van der Waals surface area contributed by atoms with Crippen molar-refractivity contribution >= 4 is 17.7 Å². The largest absolute Gasteiger partial charge is 0.457 e. The van der Waals surface area contributed by atoms with Gasteiger partial charge in [-0.1, -0.05) is 18.2 Å². The number of carbonyl (C=O) groups is 1. The maximum absolute atomic E-state index is 12.8. The number of carbonyl (C=O) groups excluding carboxylic acids is 1. The zero-order chi connectivity index (χ0) is 18.5. The molecule has 0 atom stereocenters. The van der Waals surface area contributed by atoms with E-state index in [2.05, 4.69) is 11.1 Å². The maximum atomic E-state index is 12.8. The van der Waals surface area contributed by atoms with Gasteiger partial charge in [-0.25, -0.2) is 8.78 Å². The molecule has 3 N–H and O–H groups in total. The Labute approximate surface area is 150 Å². The number of para-hydroxylation sites is 1. The molecule has 2 aromatic rings. The Morgan fingerprint density at radius 1 is 1.04 bits per heavy atom. The molecule has 0 bridgehead atoms. The van der Waals surface area contributed by atoms with Crippen LogP contribution in [0.4, 0.5) is 8.78 Å². The van der Waals surface area contributed by atoms with Gasteiger partial charge >= 0.3 is 0 Å². The molecule has 0 saturated carbocycles. The fourth-order valence-corrected chi connectivity index (χ4v) is 2.61. The molecule has 0 aliphatic carbocycles. The Hall–Kier alpha value is -2.12. The van der Waals surface area contributed by atoms with Crippen LogP contribution in [0.3, 0.4) is 0 Å². The molecule has 4 nitrogen and oxygen atoms in total. The van der Waals surface area contributed by atoms with Crippen LogP contribution in [0.1, 0.15) is 6.42 Å². The number of thioether (sulfide) groups is 1. The molecular weight excluding hydrogens is 346 g/mol. The van der Waals surface area contributed by atoms with Crippen LogP contribution < -0.4 is 15.8 Å². The van der Waals surface area contributed by atoms with Crippen LogP contribution in [0, 0.1) is 11.6 Å². The summed E-state index contributed by atoms with van der Waals surface area (Å²) >= 11 is 1.71. The van der Waals surface area contributed by atoms with Crippen LogP contribution >= 0.6 is 11.8 Å². The third-order valence-electron chi connectivity index (χ3n) is 2.84. The summed E-state index contributed by atoms with van der Waals surface area (Å²) in [5.41, 5.74) is 4.50. The Kier molecular flexibility index (Phi) is 10.3. The lowest BCUT2D eigenvalue weighted by atomic mass is 10.3. The van der Waals surface area contributed by atoms with E-state index in [-0.39, 0.29) is 11.7 Å². The molecule has 25 heavy (non-hydrogen) atoms. The molecule has 1 saturated heterocycles. The quantitative estimate of drug-likeness (QED) is 0.851. The van der Waals surface area contributed by atoms with Crippen molar-refractivity contribution in [1.82, 2.24) is 5.32 Å². The number of hydrogen-bond acceptors (Lipinski definition) is 4. The van der Waals surface area contributed by atoms with Gasteiger partial charge in [0.15, 0.2) is 0 Å². The lowest BCUT2D eigenvalue weighted by molar-refractivity contribution is -0.118. The van der Waals surface area contributed by atoms with Crippen molar-refractivity contribution in [3.63, 3.8) is 0 Å². The summed E-state index contributed by atoms with van der Waals surface area (Å²) in [4.78, 5) is 10.6. The average Bonchev–Trinajstić information content (AvgIpc) is 2.85. The molecule has 1 amide bonds. The number of nitrogens with one attached hydrogen (secondary N) is 1. The highest BCUT2D eigenvalue weighted by Gasteiger charge is 2.04. The summed E-state index contributed by atoms with van der Waals surface area (Å²) in [6, 6.07) is 11.9. The van der Waals surface area contributed by atoms with Crippen LogP contribution in [0.25, 0.3) is 0 Å². The molecule has 1 fully saturated rings. The minimum absolute atomic E-state index is 0.152. The second-order valence-electron chi connectivity index (χ2n) is 4.78. The number of ether oxygens (including phenoxy) is 1. The summed E-state index contributed by atoms with van der Waals surface area (Å²) in [6.07, 6.45) is 1.12. The molecule has 136 valence electrons. The Bertz CT molecular complexity index is 612. The molecular formula is C18H22F2N2O2S. The molecule has 0 radical (unpaired) electrons. The van der Waals surface area contributed by atoms with Gasteiger partial charge in [0.05, 0.1) is 5.75 Å². The summed E-state index contributed by atoms with van der Waals surface area (Å²) < 4.78 is 30.9. The van der Waals surface area contributed by atoms with Crippen molar-refractivity contribution in [2.75, 3.05) is 25.1 Å². The molecule has 0 aromatic heterocycles. The zero-order valence-electron chi connectivity index (χ0n) is 14.0. The molecule has 1 aliphatic rings. The van der Waals surface area contributed by atoms with Crippen molar-refractivity contribution in [2.24, 2.45) is 5.73 Å². The summed E-state index contributed by atoms with van der Waals surface area (Å²) in [6.45, 7) is 0.867. The number of amides is 1. The molecule has 3 rings (SSSR count). The van der Waals surface area contributed by atoms with Crippen LogP contribution in [0.5, 0.6) is 11.5 Å². The van der Waals surface area contributed by atoms with E-state index in [0.717, 1.165) is 36.9 Å². The summed E-state index contributed by atoms with van der Waals surface area (Å²) in [7, 11) is 1.50. The van der Waals surface area contributed by atoms with E-state index >= 15 is 0 Å². The van der Waals surface area contributed by atoms with E-state index < -0.39 is 11.6 Å². The standard InChI is InChI=1S/C12H8F2O.C5H9NOS.CH5N/c13-9-6-10(14)8-12(7-9)15-11-4-2-1-3-5-11;7-5-4-8-3-1-2-6-5;1-2/h1-8H;1-4H2,(H,6,7);2H2,1H3. The monoisotopic (exact) mass is 368 g/mol. The smallest absolute Gasteiger partial charge is 0.229 e. The first kappa shape index (κ1) is 20.9. The highest BCUT2D eigenvalue weighted by Crippen LogP contribution is 2.22. The Morgan fingerprint density at radius 3 is 2.32 bits per heavy atom. The first-order valence-corrected chi connectivity index (χ1v) is 8.90. The number of rotatable bonds is 2. The van der Waals surface area contributed by atoms with Crippen molar-refractivity contribution < 1.29 is 18.3 Å². The highest BCUT2D eigenvalue weighted by molar-refractivity contribution is 7.99. The summed E-state index contributed by atoms with van der Waals surface area (Å²) in [5.74, 6) is 1.36. The lowest BCUT2D eigenvalue weighted by Crippen LogP contribution is -2.23. The van der Waals surface area contributed by atoms with Crippen molar-refractivity contribution in [2.45, 2.75) is 6.42 Å². The SMILES string of the molecule is CN.Fc1cc(F)cc(Oc2ccccc2)c1.O=C1CSCCCN1. The van der Waals surface area contributed by atoms with E-state index in [1.54, 1.807) is 36.0 Å². The van der Waals surface area contributed by atoms with Gasteiger partial charge in [-0.2, -0.15) is 11.8 Å². The number of halogens is 2. The number of hydrogen-bond donors (Lipinski definition) is 2. The third-order valence-corrected chi connectivity index (χ3v) is 3.88. The lowest BCUT2D eigenvalue weighted by Gasteiger charge is -2.05. The van der Waals surface area contributed by atoms with Gasteiger partial charge < -0.3 is 15.8 Å². The van der Waals surface area contributed by atoms with Gasteiger partial charge in [-0.15, -0.1) is 0 Å². The summed E-state index contributed by atoms with van der Waals surface area (Å²) in [5, 5.41) is 2.78. The van der Waals surface area contributed by atoms with Gasteiger partial charge in [-0.3, -0.25) is 4.79 Å². The van der Waals surface area contributed by atoms with Crippen molar-refractivity contribution in [1.29, 1.82) is 0 Å². The number of benzene rings is 2.